The van der Waals surface area contributed by atoms with Crippen molar-refractivity contribution in [3.63, 3.8) is 0 Å². The number of pyridine rings is 1. The molecule has 30 heavy (non-hydrogen) atoms. The lowest BCUT2D eigenvalue weighted by molar-refractivity contribution is -0.384. The van der Waals surface area contributed by atoms with E-state index >= 15 is 0 Å². The second kappa shape index (κ2) is 7.92. The second-order valence-corrected chi connectivity index (χ2v) is 7.32. The Hall–Kier alpha value is -3.78. The average molecular weight is 465 g/mol. The molecule has 0 unspecified atom stereocenters. The minimum atomic E-state index is -1.03. The summed E-state index contributed by atoms with van der Waals surface area (Å²) in [6, 6.07) is 16.4. The summed E-state index contributed by atoms with van der Waals surface area (Å²) in [5.74, 6) is 0.0682. The number of carbonyl (C=O) groups is 1. The van der Waals surface area contributed by atoms with E-state index in [0.717, 1.165) is 4.47 Å². The van der Waals surface area contributed by atoms with Gasteiger partial charge in [-0.1, -0.05) is 15.9 Å². The van der Waals surface area contributed by atoms with Crippen LogP contribution in [-0.4, -0.2) is 21.0 Å². The van der Waals surface area contributed by atoms with Crippen LogP contribution in [0.1, 0.15) is 21.8 Å². The fourth-order valence-corrected chi connectivity index (χ4v) is 3.35. The maximum absolute atomic E-state index is 11.7. The summed E-state index contributed by atoms with van der Waals surface area (Å²) >= 11 is 3.35. The molecular formula is C22H13BrN2O5. The summed E-state index contributed by atoms with van der Waals surface area (Å²) in [6.45, 7) is 0. The molecule has 148 valence electrons. The number of aromatic carboxylic acids is 1. The van der Waals surface area contributed by atoms with Gasteiger partial charge < -0.3 is 9.52 Å². The van der Waals surface area contributed by atoms with Gasteiger partial charge in [0, 0.05) is 27.6 Å². The molecule has 0 spiro atoms. The van der Waals surface area contributed by atoms with Crippen molar-refractivity contribution in [3.05, 3.63) is 92.3 Å². The molecule has 4 rings (SSSR count). The molecule has 0 radical (unpaired) electrons. The summed E-state index contributed by atoms with van der Waals surface area (Å²) in [5, 5.41) is 20.9. The van der Waals surface area contributed by atoms with Crippen LogP contribution in [0.3, 0.4) is 0 Å². The Morgan fingerprint density at radius 2 is 1.83 bits per heavy atom. The summed E-state index contributed by atoms with van der Waals surface area (Å²) in [7, 11) is 0. The van der Waals surface area contributed by atoms with Gasteiger partial charge >= 0.3 is 5.97 Å². The van der Waals surface area contributed by atoms with Crippen LogP contribution < -0.4 is 0 Å². The van der Waals surface area contributed by atoms with E-state index in [1.165, 1.54) is 18.2 Å². The summed E-state index contributed by atoms with van der Waals surface area (Å²) in [6.07, 6.45) is 3.36. The van der Waals surface area contributed by atoms with Crippen molar-refractivity contribution in [3.8, 4) is 11.3 Å². The van der Waals surface area contributed by atoms with Gasteiger partial charge in [-0.25, -0.2) is 9.78 Å². The zero-order chi connectivity index (χ0) is 21.3. The lowest BCUT2D eigenvalue weighted by atomic mass is 10.1. The topological polar surface area (TPSA) is 106 Å². The first-order valence-corrected chi connectivity index (χ1v) is 9.56. The molecule has 0 atom stereocenters. The number of halogens is 1. The number of rotatable bonds is 5. The highest BCUT2D eigenvalue weighted by Crippen LogP contribution is 2.26. The number of hydrogen-bond acceptors (Lipinski definition) is 5. The lowest BCUT2D eigenvalue weighted by Gasteiger charge is -2.05. The molecule has 0 fully saturated rings. The van der Waals surface area contributed by atoms with Gasteiger partial charge in [0.15, 0.2) is 0 Å². The molecule has 0 aliphatic rings. The van der Waals surface area contributed by atoms with E-state index in [1.807, 2.05) is 0 Å². The van der Waals surface area contributed by atoms with E-state index in [9.17, 15) is 20.0 Å². The Morgan fingerprint density at radius 3 is 2.53 bits per heavy atom. The van der Waals surface area contributed by atoms with Gasteiger partial charge in [-0.15, -0.1) is 0 Å². The van der Waals surface area contributed by atoms with Gasteiger partial charge in [0.1, 0.15) is 11.5 Å². The molecular weight excluding hydrogens is 452 g/mol. The standard InChI is InChI=1S/C22H13BrN2O5/c23-14-3-9-20-18(11-14)19(22(26)27)12-15(24-20)4-7-17-8-10-21(30-17)13-1-5-16(6-2-13)25(28)29/h1-12H,(H,26,27)/b7-4+. The molecule has 0 saturated carbocycles. The first-order chi connectivity index (χ1) is 14.4. The Kier molecular flexibility index (Phi) is 5.16. The van der Waals surface area contributed by atoms with Crippen LogP contribution in [0.2, 0.25) is 0 Å². The number of hydrogen-bond donors (Lipinski definition) is 1. The molecule has 0 aliphatic carbocycles. The fraction of sp³-hybridized carbons (Fsp3) is 0. The van der Waals surface area contributed by atoms with Crippen LogP contribution in [-0.2, 0) is 0 Å². The van der Waals surface area contributed by atoms with E-state index in [2.05, 4.69) is 20.9 Å². The number of fused-ring (bicyclic) bond motifs is 1. The van der Waals surface area contributed by atoms with Crippen LogP contribution in [0.25, 0.3) is 34.4 Å². The third-order valence-corrected chi connectivity index (χ3v) is 4.92. The Bertz CT molecular complexity index is 1310. The van der Waals surface area contributed by atoms with Crippen LogP contribution in [0.5, 0.6) is 0 Å². The van der Waals surface area contributed by atoms with Crippen LogP contribution in [0.15, 0.2) is 69.6 Å². The molecule has 8 heteroatoms. The molecule has 0 saturated heterocycles. The number of non-ortho nitro benzene ring substituents is 1. The van der Waals surface area contributed by atoms with Gasteiger partial charge in [0.05, 0.1) is 21.7 Å². The number of furan rings is 1. The van der Waals surface area contributed by atoms with Crippen molar-refractivity contribution in [1.29, 1.82) is 0 Å². The molecule has 7 nitrogen and oxygen atoms in total. The molecule has 1 N–H and O–H groups in total. The van der Waals surface area contributed by atoms with Crippen molar-refractivity contribution in [1.82, 2.24) is 4.98 Å². The third-order valence-electron chi connectivity index (χ3n) is 4.43. The minimum Gasteiger partial charge on any atom is -0.478 e. The fourth-order valence-electron chi connectivity index (χ4n) is 2.99. The van der Waals surface area contributed by atoms with Gasteiger partial charge in [0.2, 0.25) is 0 Å². The molecule has 2 aromatic heterocycles. The van der Waals surface area contributed by atoms with Crippen LogP contribution >= 0.6 is 15.9 Å². The molecule has 0 aliphatic heterocycles. The minimum absolute atomic E-state index is 0.00840. The molecule has 4 aromatic rings. The van der Waals surface area contributed by atoms with Gasteiger partial charge in [-0.05, 0) is 60.7 Å². The predicted octanol–water partition coefficient (Wildman–Crippen LogP) is 6.03. The van der Waals surface area contributed by atoms with Crippen molar-refractivity contribution >= 4 is 50.6 Å². The van der Waals surface area contributed by atoms with E-state index in [-0.39, 0.29) is 11.3 Å². The smallest absolute Gasteiger partial charge is 0.336 e. The molecule has 0 bridgehead atoms. The van der Waals surface area contributed by atoms with E-state index in [1.54, 1.807) is 54.6 Å². The number of carboxylic acid groups (broad SMARTS) is 1. The normalized spacial score (nSPS) is 11.2. The Balaban J connectivity index is 1.63. The van der Waals surface area contributed by atoms with Crippen molar-refractivity contribution < 1.29 is 19.2 Å². The SMILES string of the molecule is O=C(O)c1cc(/C=C/c2ccc(-c3ccc([N+](=O)[O-])cc3)o2)nc2ccc(Br)cc12. The van der Waals surface area contributed by atoms with E-state index in [4.69, 9.17) is 4.42 Å². The number of benzene rings is 2. The highest BCUT2D eigenvalue weighted by Gasteiger charge is 2.12. The average Bonchev–Trinajstić information content (AvgIpc) is 3.21. The Labute approximate surface area is 178 Å². The maximum atomic E-state index is 11.7. The molecule has 2 heterocycles. The van der Waals surface area contributed by atoms with Crippen molar-refractivity contribution in [2.45, 2.75) is 0 Å². The van der Waals surface area contributed by atoms with Crippen molar-refractivity contribution in [2.75, 3.05) is 0 Å². The van der Waals surface area contributed by atoms with Gasteiger partial charge in [-0.3, -0.25) is 10.1 Å². The zero-order valence-electron chi connectivity index (χ0n) is 15.3. The van der Waals surface area contributed by atoms with E-state index in [0.29, 0.717) is 33.7 Å². The highest BCUT2D eigenvalue weighted by molar-refractivity contribution is 9.10. The quantitative estimate of drug-likeness (QED) is 0.285. The maximum Gasteiger partial charge on any atom is 0.336 e. The number of nitro benzene ring substituents is 1. The number of aromatic nitrogens is 1. The van der Waals surface area contributed by atoms with Crippen LogP contribution in [0.4, 0.5) is 5.69 Å². The molecule has 0 amide bonds. The van der Waals surface area contributed by atoms with Gasteiger partial charge in [0.25, 0.3) is 5.69 Å². The third kappa shape index (κ3) is 3.99. The monoisotopic (exact) mass is 464 g/mol. The van der Waals surface area contributed by atoms with Crippen LogP contribution in [0, 0.1) is 10.1 Å². The lowest BCUT2D eigenvalue weighted by Crippen LogP contribution is -2.00. The zero-order valence-corrected chi connectivity index (χ0v) is 16.9. The first kappa shape index (κ1) is 19.5. The first-order valence-electron chi connectivity index (χ1n) is 8.77. The number of carboxylic acids is 1. The predicted molar refractivity (Wildman–Crippen MR) is 116 cm³/mol. The highest BCUT2D eigenvalue weighted by atomic mass is 79.9. The van der Waals surface area contributed by atoms with Crippen molar-refractivity contribution in [2.24, 2.45) is 0 Å². The summed E-state index contributed by atoms with van der Waals surface area (Å²) in [5.41, 5.74) is 1.93. The number of nitro groups is 1. The summed E-state index contributed by atoms with van der Waals surface area (Å²) < 4.78 is 6.54. The molecule has 2 aromatic carbocycles. The van der Waals surface area contributed by atoms with Gasteiger partial charge in [-0.2, -0.15) is 0 Å². The number of nitrogens with zero attached hydrogens (tertiary/aromatic N) is 2. The van der Waals surface area contributed by atoms with E-state index < -0.39 is 10.9 Å². The Morgan fingerprint density at radius 1 is 1.07 bits per heavy atom. The second-order valence-electron chi connectivity index (χ2n) is 6.40. The summed E-state index contributed by atoms with van der Waals surface area (Å²) in [4.78, 5) is 26.4. The largest absolute Gasteiger partial charge is 0.478 e.